The van der Waals surface area contributed by atoms with Crippen LogP contribution in [0.3, 0.4) is 0 Å². The molecule has 0 saturated carbocycles. The summed E-state index contributed by atoms with van der Waals surface area (Å²) in [7, 11) is 6.90. The minimum atomic E-state index is -1.96. The van der Waals surface area contributed by atoms with Crippen LogP contribution in [0.25, 0.3) is 0 Å². The van der Waals surface area contributed by atoms with Gasteiger partial charge in [0.1, 0.15) is 29.7 Å². The van der Waals surface area contributed by atoms with Gasteiger partial charge in [0.2, 0.25) is 0 Å². The summed E-state index contributed by atoms with van der Waals surface area (Å²) in [6.07, 6.45) is -6.57. The first-order chi connectivity index (χ1) is 29.1. The summed E-state index contributed by atoms with van der Waals surface area (Å²) >= 11 is 6.12. The summed E-state index contributed by atoms with van der Waals surface area (Å²) in [5, 5.41) is 45.9. The average molecular weight is 889 g/mol. The van der Waals surface area contributed by atoms with Crippen LogP contribution in [-0.2, 0) is 39.7 Å². The van der Waals surface area contributed by atoms with Gasteiger partial charge >= 0.3 is 11.9 Å². The van der Waals surface area contributed by atoms with E-state index >= 15 is 0 Å². The van der Waals surface area contributed by atoms with Crippen molar-refractivity contribution in [2.24, 2.45) is 33.9 Å². The minimum absolute atomic E-state index is 0.120. The third-order valence-electron chi connectivity index (χ3n) is 12.9. The van der Waals surface area contributed by atoms with E-state index in [0.717, 1.165) is 5.56 Å². The third-order valence-corrected chi connectivity index (χ3v) is 13.1. The van der Waals surface area contributed by atoms with E-state index in [2.05, 4.69) is 5.10 Å². The van der Waals surface area contributed by atoms with Crippen molar-refractivity contribution in [2.75, 3.05) is 28.3 Å². The number of hydrogen-bond donors (Lipinski definition) is 3. The molecule has 2 aliphatic heterocycles. The lowest BCUT2D eigenvalue weighted by molar-refractivity contribution is -0.301. The zero-order chi connectivity index (χ0) is 46.3. The fourth-order valence-corrected chi connectivity index (χ4v) is 9.09. The number of esters is 2. The van der Waals surface area contributed by atoms with Crippen molar-refractivity contribution < 1.29 is 53.3 Å². The van der Waals surface area contributed by atoms with Crippen LogP contribution in [0.5, 0.6) is 5.75 Å². The van der Waals surface area contributed by atoms with Crippen molar-refractivity contribution >= 4 is 35.0 Å². The maximum Gasteiger partial charge on any atom is 0.312 e. The molecule has 0 aliphatic carbocycles. The maximum absolute atomic E-state index is 14.4. The number of carbonyl (C=O) groups is 2. The van der Waals surface area contributed by atoms with Gasteiger partial charge in [-0.05, 0) is 121 Å². The number of cyclic esters (lactones) is 1. The van der Waals surface area contributed by atoms with E-state index < -0.39 is 83.6 Å². The largest absolute Gasteiger partial charge is 0.497 e. The fraction of sp³-hybridized carbons (Fsp3) is 0.660. The van der Waals surface area contributed by atoms with E-state index in [4.69, 9.17) is 45.1 Å². The maximum atomic E-state index is 14.4. The van der Waals surface area contributed by atoms with Crippen LogP contribution >= 0.6 is 11.6 Å². The van der Waals surface area contributed by atoms with Crippen LogP contribution in [-0.4, -0.2) is 132 Å². The molecule has 2 fully saturated rings. The highest BCUT2D eigenvalue weighted by molar-refractivity contribution is 6.30. The Kier molecular flexibility index (Phi) is 18.1. The van der Waals surface area contributed by atoms with Gasteiger partial charge in [-0.1, -0.05) is 51.4 Å². The first kappa shape index (κ1) is 51.2. The second-order valence-electron chi connectivity index (χ2n) is 17.9. The Labute approximate surface area is 372 Å². The molecule has 2 saturated heterocycles. The molecule has 346 valence electrons. The van der Waals surface area contributed by atoms with Gasteiger partial charge in [-0.2, -0.15) is 10.2 Å². The Bertz CT molecular complexity index is 1840. The van der Waals surface area contributed by atoms with Crippen LogP contribution in [0.1, 0.15) is 92.7 Å². The smallest absolute Gasteiger partial charge is 0.312 e. The number of rotatable bonds is 11. The van der Waals surface area contributed by atoms with E-state index in [0.29, 0.717) is 34.2 Å². The van der Waals surface area contributed by atoms with E-state index in [9.17, 15) is 24.9 Å². The van der Waals surface area contributed by atoms with Crippen molar-refractivity contribution in [3.05, 3.63) is 64.7 Å². The fourth-order valence-electron chi connectivity index (χ4n) is 8.97. The molecule has 62 heavy (non-hydrogen) atoms. The zero-order valence-corrected chi connectivity index (χ0v) is 39.5. The number of benzene rings is 2. The molecule has 15 heteroatoms. The standard InChI is InChI=1S/C47H70ClN3O11/c1-14-37-47(9,56)42(54)28(4)39(50-49-31(7)33-17-21-35(57-12)22-18-33)26(2)25-46(8,58-13)43(62-45-40(53)36(51(10)11)23-27(3)59-45)29(5)41(30(6)44(55)60-37)61-38(52)24-32-15-19-34(48)20-16-32/h15-22,26-30,36-37,40-43,45,53-54,56H,14,23-25H2,1-13H3/b49-31+,50-39+/t26-,27?,28+,29+,30-,36?,37-,40?,41+,42-,43-,45?,46-,47-/m1/s1. The number of hydrogen-bond acceptors (Lipinski definition) is 14. The number of carbonyl (C=O) groups excluding carboxylic acids is 2. The van der Waals surface area contributed by atoms with Gasteiger partial charge < -0.3 is 48.6 Å². The second-order valence-corrected chi connectivity index (χ2v) is 18.3. The monoisotopic (exact) mass is 887 g/mol. The molecule has 3 N–H and O–H groups in total. The number of nitrogens with zero attached hydrogens (tertiary/aromatic N) is 3. The normalized spacial score (nSPS) is 36.2. The molecule has 4 unspecified atom stereocenters. The summed E-state index contributed by atoms with van der Waals surface area (Å²) in [4.78, 5) is 30.2. The number of methoxy groups -OCH3 is 2. The SMILES string of the molecule is CC[C@H]1OC(=O)[C@H](C)[C@@H](OC(=O)Cc2ccc(Cl)cc2)[C@H](C)[C@@H](OC2OC(C)CC(N(C)C)C2O)[C@](C)(OC)C[C@@H](C)/C(=N\N=C(/C)c2ccc(OC)cc2)[C@H](C)[C@@H](O)[C@]1(C)O. The van der Waals surface area contributed by atoms with Crippen LogP contribution < -0.4 is 4.74 Å². The Morgan fingerprint density at radius 3 is 2.18 bits per heavy atom. The quantitative estimate of drug-likeness (QED) is 0.131. The molecular formula is C47H70ClN3O11. The van der Waals surface area contributed by atoms with Gasteiger partial charge in [0.25, 0.3) is 0 Å². The molecule has 0 amide bonds. The summed E-state index contributed by atoms with van der Waals surface area (Å²) in [6, 6.07) is 13.9. The van der Waals surface area contributed by atoms with Gasteiger partial charge in [-0.15, -0.1) is 0 Å². The average Bonchev–Trinajstić information content (AvgIpc) is 3.23. The van der Waals surface area contributed by atoms with Gasteiger partial charge in [0.05, 0.1) is 49.1 Å². The van der Waals surface area contributed by atoms with E-state index in [1.54, 1.807) is 59.3 Å². The summed E-state index contributed by atoms with van der Waals surface area (Å²) < 4.78 is 37.4. The van der Waals surface area contributed by atoms with Gasteiger partial charge in [0.15, 0.2) is 6.29 Å². The second kappa shape index (κ2) is 21.9. The Balaban J connectivity index is 1.92. The molecule has 0 radical (unpaired) electrons. The van der Waals surface area contributed by atoms with Crippen molar-refractivity contribution in [1.29, 1.82) is 0 Å². The van der Waals surface area contributed by atoms with E-state index in [1.807, 2.05) is 77.9 Å². The first-order valence-corrected chi connectivity index (χ1v) is 22.0. The third kappa shape index (κ3) is 12.2. The molecule has 14 atom stereocenters. The van der Waals surface area contributed by atoms with Crippen LogP contribution in [0.4, 0.5) is 0 Å². The van der Waals surface area contributed by atoms with Gasteiger partial charge in [-0.3, -0.25) is 9.59 Å². The lowest BCUT2D eigenvalue weighted by Crippen LogP contribution is -2.60. The van der Waals surface area contributed by atoms with Crippen molar-refractivity contribution in [3.8, 4) is 5.75 Å². The molecule has 14 nitrogen and oxygen atoms in total. The zero-order valence-electron chi connectivity index (χ0n) is 38.7. The van der Waals surface area contributed by atoms with Gasteiger partial charge in [-0.25, -0.2) is 0 Å². The molecule has 0 spiro atoms. The molecule has 2 aromatic rings. The molecule has 2 aromatic carbocycles. The van der Waals surface area contributed by atoms with E-state index in [-0.39, 0.29) is 31.4 Å². The first-order valence-electron chi connectivity index (χ1n) is 21.6. The van der Waals surface area contributed by atoms with Crippen LogP contribution in [0.15, 0.2) is 58.7 Å². The van der Waals surface area contributed by atoms with Crippen molar-refractivity contribution in [1.82, 2.24) is 4.90 Å². The Hall–Kier alpha value is -3.47. The van der Waals surface area contributed by atoms with Crippen molar-refractivity contribution in [3.63, 3.8) is 0 Å². The highest BCUT2D eigenvalue weighted by Crippen LogP contribution is 2.40. The topological polar surface area (TPSA) is 178 Å². The highest BCUT2D eigenvalue weighted by atomic mass is 35.5. The number of aliphatic hydroxyl groups excluding tert-OH is 2. The minimum Gasteiger partial charge on any atom is -0.497 e. The molecular weight excluding hydrogens is 818 g/mol. The molecule has 2 aliphatic rings. The number of ether oxygens (including phenoxy) is 6. The molecule has 4 rings (SSSR count). The molecule has 2 heterocycles. The summed E-state index contributed by atoms with van der Waals surface area (Å²) in [6.45, 7) is 15.9. The number of likely N-dealkylation sites (N-methyl/N-ethyl adjacent to an activating group) is 1. The predicted octanol–water partition coefficient (Wildman–Crippen LogP) is 6.27. The highest BCUT2D eigenvalue weighted by Gasteiger charge is 2.52. The Morgan fingerprint density at radius 2 is 1.61 bits per heavy atom. The summed E-state index contributed by atoms with van der Waals surface area (Å²) in [5.74, 6) is -3.92. The molecule has 0 bridgehead atoms. The Morgan fingerprint density at radius 1 is 0.984 bits per heavy atom. The lowest BCUT2D eigenvalue weighted by Gasteiger charge is -2.48. The van der Waals surface area contributed by atoms with Crippen LogP contribution in [0, 0.1) is 23.7 Å². The lowest BCUT2D eigenvalue weighted by atomic mass is 9.73. The predicted molar refractivity (Wildman–Crippen MR) is 238 cm³/mol. The van der Waals surface area contributed by atoms with E-state index in [1.165, 1.54) is 6.92 Å². The van der Waals surface area contributed by atoms with Crippen LogP contribution in [0.2, 0.25) is 5.02 Å². The van der Waals surface area contributed by atoms with Gasteiger partial charge in [0, 0.05) is 35.7 Å². The van der Waals surface area contributed by atoms with Crippen molar-refractivity contribution in [2.45, 2.75) is 148 Å². The molecule has 0 aromatic heterocycles. The summed E-state index contributed by atoms with van der Waals surface area (Å²) in [5.41, 5.74) is -0.744. The number of aliphatic hydroxyl groups is 3. The number of halogens is 1.